The van der Waals surface area contributed by atoms with Crippen molar-refractivity contribution in [3.63, 3.8) is 0 Å². The summed E-state index contributed by atoms with van der Waals surface area (Å²) in [5.74, 6) is 0. The minimum Gasteiger partial charge on any atom is -0.316 e. The van der Waals surface area contributed by atoms with Crippen LogP contribution in [0.5, 0.6) is 0 Å². The van der Waals surface area contributed by atoms with Gasteiger partial charge in [0, 0.05) is 0 Å². The summed E-state index contributed by atoms with van der Waals surface area (Å²) in [6.45, 7) is 11.1. The zero-order valence-corrected chi connectivity index (χ0v) is 13.8. The van der Waals surface area contributed by atoms with E-state index in [0.29, 0.717) is 0 Å². The minimum absolute atomic E-state index is 0.886. The SMILES string of the molecule is CC=C(C)[Si](OP(=O)(O)O)(C(C)=CC)C(C)=CC. The Labute approximate surface area is 110 Å². The fourth-order valence-electron chi connectivity index (χ4n) is 1.94. The van der Waals surface area contributed by atoms with E-state index in [1.807, 2.05) is 59.8 Å². The summed E-state index contributed by atoms with van der Waals surface area (Å²) in [7, 11) is -7.47. The van der Waals surface area contributed by atoms with Gasteiger partial charge in [-0.3, -0.25) is 0 Å². The van der Waals surface area contributed by atoms with Crippen molar-refractivity contribution >= 4 is 16.1 Å². The number of rotatable bonds is 5. The van der Waals surface area contributed by atoms with E-state index in [1.165, 1.54) is 0 Å². The molecule has 6 heteroatoms. The Kier molecular flexibility index (Phi) is 6.47. The van der Waals surface area contributed by atoms with E-state index in [9.17, 15) is 14.4 Å². The number of phosphoric acid groups is 1. The molecule has 104 valence electrons. The predicted octanol–water partition coefficient (Wildman–Crippen LogP) is 3.56. The molecule has 0 aromatic heterocycles. The van der Waals surface area contributed by atoms with Crippen molar-refractivity contribution in [2.24, 2.45) is 0 Å². The molecule has 0 amide bonds. The summed E-state index contributed by atoms with van der Waals surface area (Å²) in [6, 6.07) is 0. The Morgan fingerprint density at radius 2 is 1.22 bits per heavy atom. The van der Waals surface area contributed by atoms with Crippen molar-refractivity contribution in [1.29, 1.82) is 0 Å². The maximum absolute atomic E-state index is 11.3. The van der Waals surface area contributed by atoms with Gasteiger partial charge >= 0.3 is 7.82 Å². The molecule has 0 saturated heterocycles. The smallest absolute Gasteiger partial charge is 0.316 e. The van der Waals surface area contributed by atoms with Crippen LogP contribution in [-0.2, 0) is 8.78 Å². The van der Waals surface area contributed by atoms with Crippen molar-refractivity contribution in [3.05, 3.63) is 33.8 Å². The van der Waals surface area contributed by atoms with Gasteiger partial charge in [-0.25, -0.2) is 4.57 Å². The molecule has 0 fully saturated rings. The monoisotopic (exact) mass is 290 g/mol. The van der Waals surface area contributed by atoms with E-state index in [1.54, 1.807) is 0 Å². The highest BCUT2D eigenvalue weighted by atomic mass is 31.2. The largest absolute Gasteiger partial charge is 0.460 e. The van der Waals surface area contributed by atoms with Gasteiger partial charge in [0.2, 0.25) is 0 Å². The Balaban J connectivity index is 6.15. The minimum atomic E-state index is -4.55. The van der Waals surface area contributed by atoms with E-state index >= 15 is 0 Å². The molecular weight excluding hydrogens is 267 g/mol. The highest BCUT2D eigenvalue weighted by Crippen LogP contribution is 2.46. The number of hydrogen-bond acceptors (Lipinski definition) is 2. The highest BCUT2D eigenvalue weighted by molar-refractivity contribution is 7.48. The standard InChI is InChI=1S/C12H23O4PSi/c1-7-10(4)18(11(5)8-2,12(6)9-3)16-17(13,14)15/h7-9H,1-6H3,(H2,13,14,15). The highest BCUT2D eigenvalue weighted by Gasteiger charge is 2.45. The van der Waals surface area contributed by atoms with E-state index in [4.69, 9.17) is 4.21 Å². The third-order valence-electron chi connectivity index (χ3n) is 3.22. The quantitative estimate of drug-likeness (QED) is 0.600. The normalized spacial score (nSPS) is 18.8. The molecule has 0 aromatic carbocycles. The Morgan fingerprint density at radius 3 is 1.39 bits per heavy atom. The first-order chi connectivity index (χ1) is 8.15. The molecule has 0 spiro atoms. The molecule has 0 heterocycles. The molecule has 18 heavy (non-hydrogen) atoms. The fourth-order valence-corrected chi connectivity index (χ4v) is 8.18. The summed E-state index contributed by atoms with van der Waals surface area (Å²) in [4.78, 5) is 18.5. The average Bonchev–Trinajstić information content (AvgIpc) is 2.31. The molecular formula is C12H23O4PSi. The summed E-state index contributed by atoms with van der Waals surface area (Å²) < 4.78 is 16.6. The van der Waals surface area contributed by atoms with Gasteiger partial charge < -0.3 is 14.0 Å². The van der Waals surface area contributed by atoms with Gasteiger partial charge in [0.1, 0.15) is 0 Å². The topological polar surface area (TPSA) is 66.8 Å². The van der Waals surface area contributed by atoms with Crippen LogP contribution in [0.2, 0.25) is 0 Å². The van der Waals surface area contributed by atoms with Crippen LogP contribution < -0.4 is 0 Å². The Bertz CT molecular complexity index is 386. The van der Waals surface area contributed by atoms with Gasteiger partial charge in [-0.2, -0.15) is 0 Å². The fraction of sp³-hybridized carbons (Fsp3) is 0.500. The molecule has 0 saturated carbocycles. The van der Waals surface area contributed by atoms with Crippen molar-refractivity contribution in [2.75, 3.05) is 0 Å². The second-order valence-corrected chi connectivity index (χ2v) is 9.62. The molecule has 0 radical (unpaired) electrons. The van der Waals surface area contributed by atoms with Crippen LogP contribution >= 0.6 is 7.82 Å². The first kappa shape index (κ1) is 17.5. The first-order valence-electron chi connectivity index (χ1n) is 5.82. The molecule has 0 aliphatic rings. The third kappa shape index (κ3) is 3.77. The van der Waals surface area contributed by atoms with Crippen molar-refractivity contribution in [2.45, 2.75) is 41.5 Å². The molecule has 0 aliphatic heterocycles. The average molecular weight is 290 g/mol. The summed E-state index contributed by atoms with van der Waals surface area (Å²) in [5.41, 5.74) is 0. The first-order valence-corrected chi connectivity index (χ1v) is 9.26. The van der Waals surface area contributed by atoms with Gasteiger partial charge in [-0.15, -0.1) is 0 Å². The second kappa shape index (κ2) is 6.64. The molecule has 0 unspecified atom stereocenters. The lowest BCUT2D eigenvalue weighted by atomic mass is 10.5. The molecule has 2 N–H and O–H groups in total. The van der Waals surface area contributed by atoms with Gasteiger partial charge in [0.05, 0.1) is 0 Å². The van der Waals surface area contributed by atoms with Crippen LogP contribution in [-0.4, -0.2) is 18.1 Å². The van der Waals surface area contributed by atoms with Crippen molar-refractivity contribution in [1.82, 2.24) is 0 Å². The lowest BCUT2D eigenvalue weighted by molar-refractivity contribution is 0.282. The summed E-state index contributed by atoms with van der Waals surface area (Å²) in [6.07, 6.45) is 5.59. The molecule has 0 atom stereocenters. The molecule has 4 nitrogen and oxygen atoms in total. The second-order valence-electron chi connectivity index (χ2n) is 4.18. The Hall–Kier alpha value is -0.453. The van der Waals surface area contributed by atoms with Gasteiger partial charge in [0.15, 0.2) is 0 Å². The van der Waals surface area contributed by atoms with E-state index in [0.717, 1.165) is 15.6 Å². The van der Waals surface area contributed by atoms with Crippen LogP contribution in [0.25, 0.3) is 0 Å². The van der Waals surface area contributed by atoms with Crippen LogP contribution in [0.15, 0.2) is 33.8 Å². The molecule has 0 rings (SSSR count). The van der Waals surface area contributed by atoms with Crippen molar-refractivity contribution in [3.8, 4) is 0 Å². The van der Waals surface area contributed by atoms with Crippen molar-refractivity contribution < 1.29 is 18.6 Å². The molecule has 0 aromatic rings. The number of allylic oxidation sites excluding steroid dienone is 6. The summed E-state index contributed by atoms with van der Waals surface area (Å²) in [5, 5.41) is 2.66. The number of hydrogen-bond donors (Lipinski definition) is 2. The molecule has 0 bridgehead atoms. The summed E-state index contributed by atoms with van der Waals surface area (Å²) >= 11 is 0. The predicted molar refractivity (Wildman–Crippen MR) is 77.2 cm³/mol. The van der Waals surface area contributed by atoms with Crippen LogP contribution in [0, 0.1) is 0 Å². The van der Waals surface area contributed by atoms with Gasteiger partial charge in [-0.1, -0.05) is 33.8 Å². The zero-order chi connectivity index (χ0) is 14.6. The third-order valence-corrected chi connectivity index (χ3v) is 9.47. The van der Waals surface area contributed by atoms with Crippen LogP contribution in [0.1, 0.15) is 41.5 Å². The van der Waals surface area contributed by atoms with Gasteiger partial charge in [-0.05, 0) is 41.5 Å². The lowest BCUT2D eigenvalue weighted by Crippen LogP contribution is -2.43. The lowest BCUT2D eigenvalue weighted by Gasteiger charge is -2.34. The van der Waals surface area contributed by atoms with Crippen LogP contribution in [0.4, 0.5) is 0 Å². The maximum Gasteiger partial charge on any atom is 0.460 e. The maximum atomic E-state index is 11.3. The van der Waals surface area contributed by atoms with E-state index < -0.39 is 16.1 Å². The zero-order valence-electron chi connectivity index (χ0n) is 11.9. The van der Waals surface area contributed by atoms with E-state index in [2.05, 4.69) is 0 Å². The Morgan fingerprint density at radius 1 is 0.944 bits per heavy atom. The van der Waals surface area contributed by atoms with E-state index in [-0.39, 0.29) is 0 Å². The van der Waals surface area contributed by atoms with Crippen LogP contribution in [0.3, 0.4) is 0 Å². The van der Waals surface area contributed by atoms with Gasteiger partial charge in [0.25, 0.3) is 8.32 Å². The molecule has 0 aliphatic carbocycles.